The Kier molecular flexibility index (Phi) is 5.14. The summed E-state index contributed by atoms with van der Waals surface area (Å²) in [5.74, 6) is 0. The number of aromatic nitrogens is 2. The smallest absolute Gasteiger partial charge is 0.319 e. The van der Waals surface area contributed by atoms with Gasteiger partial charge in [-0.15, -0.1) is 0 Å². The number of hydrogen-bond acceptors (Lipinski definition) is 3. The molecule has 0 aliphatic rings. The number of aryl methyl sites for hydroxylation is 1. The van der Waals surface area contributed by atoms with Gasteiger partial charge in [-0.3, -0.25) is 4.68 Å². The summed E-state index contributed by atoms with van der Waals surface area (Å²) in [6.07, 6.45) is 4.47. The number of carbonyl (C=O) groups excluding carboxylic acids is 1. The summed E-state index contributed by atoms with van der Waals surface area (Å²) in [6.45, 7) is 1.85. The lowest BCUT2D eigenvalue weighted by atomic mass is 10.2. The number of rotatable bonds is 6. The number of amides is 2. The molecule has 0 fully saturated rings. The highest BCUT2D eigenvalue weighted by Gasteiger charge is 2.01. The Balaban J connectivity index is 1.69. The molecule has 1 heterocycles. The number of nitrogens with zero attached hydrogens (tertiary/aromatic N) is 2. The van der Waals surface area contributed by atoms with Crippen molar-refractivity contribution in [1.29, 1.82) is 0 Å². The Bertz CT molecular complexity index is 538. The maximum Gasteiger partial charge on any atom is 0.319 e. The topological polar surface area (TPSA) is 85.0 Å². The van der Waals surface area contributed by atoms with Gasteiger partial charge >= 0.3 is 6.03 Å². The van der Waals surface area contributed by atoms with Crippen LogP contribution in [0.15, 0.2) is 42.7 Å². The number of urea groups is 1. The molecule has 106 valence electrons. The minimum atomic E-state index is -0.209. The number of nitrogens with one attached hydrogen (secondary N) is 2. The molecule has 0 saturated carbocycles. The first kappa shape index (κ1) is 14.1. The molecule has 2 rings (SSSR count). The van der Waals surface area contributed by atoms with Crippen LogP contribution in [0.1, 0.15) is 12.0 Å². The van der Waals surface area contributed by atoms with Gasteiger partial charge in [0.2, 0.25) is 0 Å². The normalized spacial score (nSPS) is 10.2. The molecular formula is C14H19N5O. The van der Waals surface area contributed by atoms with E-state index in [0.29, 0.717) is 13.1 Å². The highest BCUT2D eigenvalue weighted by molar-refractivity contribution is 5.89. The zero-order chi connectivity index (χ0) is 14.2. The van der Waals surface area contributed by atoms with Crippen molar-refractivity contribution in [1.82, 2.24) is 15.1 Å². The van der Waals surface area contributed by atoms with Crippen LogP contribution in [0.5, 0.6) is 0 Å². The number of nitrogens with two attached hydrogens (primary N) is 1. The van der Waals surface area contributed by atoms with Gasteiger partial charge in [0.15, 0.2) is 0 Å². The SMILES string of the molecule is NCc1cccc(NC(=O)NCCCn2cccn2)c1. The molecule has 0 radical (unpaired) electrons. The van der Waals surface area contributed by atoms with Crippen LogP contribution in [0.2, 0.25) is 0 Å². The van der Waals surface area contributed by atoms with Crippen molar-refractivity contribution in [3.05, 3.63) is 48.3 Å². The fourth-order valence-corrected chi connectivity index (χ4v) is 1.83. The molecule has 6 heteroatoms. The standard InChI is InChI=1S/C14H19N5O/c15-11-12-4-1-5-13(10-12)18-14(20)16-6-2-8-19-9-3-7-17-19/h1,3-5,7,9-10H,2,6,8,11,15H2,(H2,16,18,20). The third-order valence-corrected chi connectivity index (χ3v) is 2.83. The average Bonchev–Trinajstić information content (AvgIpc) is 2.97. The predicted octanol–water partition coefficient (Wildman–Crippen LogP) is 1.55. The molecule has 0 aliphatic carbocycles. The van der Waals surface area contributed by atoms with Gasteiger partial charge in [-0.25, -0.2) is 4.79 Å². The quantitative estimate of drug-likeness (QED) is 0.698. The van der Waals surface area contributed by atoms with Crippen LogP contribution in [0.3, 0.4) is 0 Å². The number of anilines is 1. The Morgan fingerprint density at radius 2 is 2.25 bits per heavy atom. The molecule has 0 aliphatic heterocycles. The van der Waals surface area contributed by atoms with Crippen LogP contribution in [-0.2, 0) is 13.1 Å². The van der Waals surface area contributed by atoms with Crippen LogP contribution in [0.4, 0.5) is 10.5 Å². The summed E-state index contributed by atoms with van der Waals surface area (Å²) in [4.78, 5) is 11.7. The lowest BCUT2D eigenvalue weighted by Gasteiger charge is -2.08. The van der Waals surface area contributed by atoms with Crippen LogP contribution in [-0.4, -0.2) is 22.4 Å². The lowest BCUT2D eigenvalue weighted by molar-refractivity contribution is 0.251. The summed E-state index contributed by atoms with van der Waals surface area (Å²) < 4.78 is 1.84. The first-order valence-electron chi connectivity index (χ1n) is 6.59. The molecule has 1 aromatic heterocycles. The number of benzene rings is 1. The van der Waals surface area contributed by atoms with Crippen molar-refractivity contribution in [3.8, 4) is 0 Å². The molecule has 4 N–H and O–H groups in total. The van der Waals surface area contributed by atoms with Gasteiger partial charge < -0.3 is 16.4 Å². The van der Waals surface area contributed by atoms with Crippen LogP contribution in [0, 0.1) is 0 Å². The van der Waals surface area contributed by atoms with E-state index in [1.807, 2.05) is 41.2 Å². The average molecular weight is 273 g/mol. The molecule has 0 bridgehead atoms. The molecule has 0 unspecified atom stereocenters. The highest BCUT2D eigenvalue weighted by Crippen LogP contribution is 2.09. The second-order valence-electron chi connectivity index (χ2n) is 4.41. The second-order valence-corrected chi connectivity index (χ2v) is 4.41. The fourth-order valence-electron chi connectivity index (χ4n) is 1.83. The lowest BCUT2D eigenvalue weighted by Crippen LogP contribution is -2.30. The second kappa shape index (κ2) is 7.30. The van der Waals surface area contributed by atoms with Gasteiger partial charge in [0.05, 0.1) is 0 Å². The molecule has 6 nitrogen and oxygen atoms in total. The minimum absolute atomic E-state index is 0.209. The van der Waals surface area contributed by atoms with E-state index in [1.165, 1.54) is 0 Å². The first-order valence-corrected chi connectivity index (χ1v) is 6.59. The molecule has 0 atom stereocenters. The van der Waals surface area contributed by atoms with Crippen molar-refractivity contribution in [2.75, 3.05) is 11.9 Å². The third kappa shape index (κ3) is 4.40. The summed E-state index contributed by atoms with van der Waals surface area (Å²) >= 11 is 0. The Morgan fingerprint density at radius 1 is 1.35 bits per heavy atom. The highest BCUT2D eigenvalue weighted by atomic mass is 16.2. The number of hydrogen-bond donors (Lipinski definition) is 3. The van der Waals surface area contributed by atoms with Crippen LogP contribution >= 0.6 is 0 Å². The Morgan fingerprint density at radius 3 is 3.00 bits per heavy atom. The Labute approximate surface area is 118 Å². The molecule has 2 amide bonds. The first-order chi connectivity index (χ1) is 9.78. The van der Waals surface area contributed by atoms with Gasteiger partial charge in [0, 0.05) is 37.7 Å². The zero-order valence-electron chi connectivity index (χ0n) is 11.2. The van der Waals surface area contributed by atoms with E-state index in [4.69, 9.17) is 5.73 Å². The van der Waals surface area contributed by atoms with E-state index in [-0.39, 0.29) is 6.03 Å². The van der Waals surface area contributed by atoms with Gasteiger partial charge in [-0.1, -0.05) is 12.1 Å². The van der Waals surface area contributed by atoms with Gasteiger partial charge in [-0.2, -0.15) is 5.10 Å². The van der Waals surface area contributed by atoms with E-state index in [9.17, 15) is 4.79 Å². The van der Waals surface area contributed by atoms with Crippen LogP contribution in [0.25, 0.3) is 0 Å². The fraction of sp³-hybridized carbons (Fsp3) is 0.286. The molecule has 20 heavy (non-hydrogen) atoms. The number of carbonyl (C=O) groups is 1. The maximum atomic E-state index is 11.7. The minimum Gasteiger partial charge on any atom is -0.338 e. The van der Waals surface area contributed by atoms with Crippen molar-refractivity contribution in [2.45, 2.75) is 19.5 Å². The summed E-state index contributed by atoms with van der Waals surface area (Å²) in [5.41, 5.74) is 7.29. The molecule has 0 saturated heterocycles. The van der Waals surface area contributed by atoms with Crippen molar-refractivity contribution >= 4 is 11.7 Å². The van der Waals surface area contributed by atoms with Crippen LogP contribution < -0.4 is 16.4 Å². The van der Waals surface area contributed by atoms with Crippen molar-refractivity contribution in [3.63, 3.8) is 0 Å². The molecule has 0 spiro atoms. The predicted molar refractivity (Wildman–Crippen MR) is 78.2 cm³/mol. The van der Waals surface area contributed by atoms with E-state index in [2.05, 4.69) is 15.7 Å². The molecular weight excluding hydrogens is 254 g/mol. The van der Waals surface area contributed by atoms with Crippen molar-refractivity contribution in [2.24, 2.45) is 5.73 Å². The monoisotopic (exact) mass is 273 g/mol. The van der Waals surface area contributed by atoms with Gasteiger partial charge in [0.1, 0.15) is 0 Å². The largest absolute Gasteiger partial charge is 0.338 e. The molecule has 1 aromatic carbocycles. The summed E-state index contributed by atoms with van der Waals surface area (Å²) in [6, 6.07) is 9.17. The van der Waals surface area contributed by atoms with E-state index < -0.39 is 0 Å². The van der Waals surface area contributed by atoms with Crippen molar-refractivity contribution < 1.29 is 4.79 Å². The third-order valence-electron chi connectivity index (χ3n) is 2.83. The summed E-state index contributed by atoms with van der Waals surface area (Å²) in [7, 11) is 0. The van der Waals surface area contributed by atoms with E-state index in [1.54, 1.807) is 6.20 Å². The van der Waals surface area contributed by atoms with Gasteiger partial charge in [-0.05, 0) is 30.2 Å². The summed E-state index contributed by atoms with van der Waals surface area (Å²) in [5, 5.41) is 9.69. The zero-order valence-corrected chi connectivity index (χ0v) is 11.2. The van der Waals surface area contributed by atoms with E-state index >= 15 is 0 Å². The Hall–Kier alpha value is -2.34. The van der Waals surface area contributed by atoms with E-state index in [0.717, 1.165) is 24.2 Å². The van der Waals surface area contributed by atoms with Gasteiger partial charge in [0.25, 0.3) is 0 Å². The molecule has 2 aromatic rings. The maximum absolute atomic E-state index is 11.7.